The summed E-state index contributed by atoms with van der Waals surface area (Å²) in [6.45, 7) is 4.20. The molecule has 0 amide bonds. The van der Waals surface area contributed by atoms with E-state index < -0.39 is 10.0 Å². The average Bonchev–Trinajstić information content (AvgIpc) is 2.74. The van der Waals surface area contributed by atoms with Gasteiger partial charge in [-0.15, -0.1) is 0 Å². The van der Waals surface area contributed by atoms with Gasteiger partial charge in [-0.05, 0) is 16.4 Å². The Morgan fingerprint density at radius 2 is 2.00 bits per heavy atom. The molecule has 1 aliphatic heterocycles. The van der Waals surface area contributed by atoms with Crippen LogP contribution in [0.1, 0.15) is 26.7 Å². The van der Waals surface area contributed by atoms with Crippen LogP contribution in [0, 0.1) is 16.2 Å². The summed E-state index contributed by atoms with van der Waals surface area (Å²) in [4.78, 5) is 8.37. The maximum atomic E-state index is 9.28. The van der Waals surface area contributed by atoms with Crippen molar-refractivity contribution < 1.29 is 0 Å². The Hall–Kier alpha value is -0.950. The van der Waals surface area contributed by atoms with Crippen molar-refractivity contribution in [3.05, 3.63) is 5.50 Å². The fraction of sp³-hybridized carbons (Fsp3) is 0.600. The second-order valence-electron chi connectivity index (χ2n) is 3.16. The Labute approximate surface area is 87.3 Å². The Bertz CT molecular complexity index is 268. The number of hydrogen-bond donors (Lipinski definition) is 0. The number of nitriles is 1. The molecule has 1 aliphatic rings. The van der Waals surface area contributed by atoms with Crippen molar-refractivity contribution in [2.24, 2.45) is 9.98 Å². The molecule has 1 atom stereocenters. The molecular formula is C10H16N3S+. The van der Waals surface area contributed by atoms with E-state index >= 15 is 0 Å². The van der Waals surface area contributed by atoms with E-state index in [1.54, 1.807) is 12.4 Å². The summed E-state index contributed by atoms with van der Waals surface area (Å²) in [5, 5.41) is 11.7. The molecule has 1 rings (SSSR count). The molecule has 0 radical (unpaired) electrons. The summed E-state index contributed by atoms with van der Waals surface area (Å²) in [5.74, 6) is 1.81. The Kier molecular flexibility index (Phi) is 4.02. The molecule has 0 aromatic rings. The molecule has 0 saturated heterocycles. The van der Waals surface area contributed by atoms with Crippen LogP contribution in [0.25, 0.3) is 0 Å². The molecular weight excluding hydrogens is 194 g/mol. The Morgan fingerprint density at radius 1 is 1.36 bits per heavy atom. The smallest absolute Gasteiger partial charge is 0.185 e. The predicted molar refractivity (Wildman–Crippen MR) is 63.7 cm³/mol. The van der Waals surface area contributed by atoms with Gasteiger partial charge >= 0.3 is 0 Å². The van der Waals surface area contributed by atoms with E-state index in [0.717, 1.165) is 29.8 Å². The van der Waals surface area contributed by atoms with Crippen molar-refractivity contribution in [2.45, 2.75) is 26.7 Å². The lowest BCUT2D eigenvalue weighted by atomic mass is 10.4. The molecule has 4 heteroatoms. The van der Waals surface area contributed by atoms with Crippen molar-refractivity contribution in [3.63, 3.8) is 0 Å². The third kappa shape index (κ3) is 2.10. The topological polar surface area (TPSA) is 48.5 Å². The van der Waals surface area contributed by atoms with Crippen LogP contribution in [-0.2, 0) is 0 Å². The lowest BCUT2D eigenvalue weighted by Crippen LogP contribution is -2.11. The molecule has 0 spiro atoms. The first kappa shape index (κ1) is 11.1. The number of rotatable bonds is 5. The minimum absolute atomic E-state index is 0.774. The summed E-state index contributed by atoms with van der Waals surface area (Å²) in [6, 6.07) is 0. The van der Waals surface area contributed by atoms with Gasteiger partial charge in [0, 0.05) is 11.5 Å². The molecule has 0 fully saturated rings. The lowest BCUT2D eigenvalue weighted by Gasteiger charge is -2.27. The van der Waals surface area contributed by atoms with E-state index in [-0.39, 0.29) is 0 Å². The number of hydrogen-bond acceptors (Lipinski definition) is 3. The molecule has 1 heterocycles. The van der Waals surface area contributed by atoms with Gasteiger partial charge in [-0.3, -0.25) is 0 Å². The largest absolute Gasteiger partial charge is 0.293 e. The maximum Gasteiger partial charge on any atom is 0.293 e. The van der Waals surface area contributed by atoms with E-state index in [0.29, 0.717) is 0 Å². The maximum absolute atomic E-state index is 9.28. The quantitative estimate of drug-likeness (QED) is 0.508. The van der Waals surface area contributed by atoms with Gasteiger partial charge in [0.25, 0.3) is 5.50 Å². The van der Waals surface area contributed by atoms with Crippen molar-refractivity contribution >= 4 is 22.5 Å². The standard InChI is InChI=1S/C10H16N3S/c1-3-5-8-14(4-2,9-11)10-12-6-7-13-10/h6-7H,3-5,8H2,1-2H3/q+1. The first-order valence-electron chi connectivity index (χ1n) is 4.92. The highest BCUT2D eigenvalue weighted by Crippen LogP contribution is 2.58. The average molecular weight is 210 g/mol. The highest BCUT2D eigenvalue weighted by Gasteiger charge is 2.39. The minimum Gasteiger partial charge on any atom is -0.185 e. The van der Waals surface area contributed by atoms with Crippen molar-refractivity contribution in [3.8, 4) is 5.40 Å². The summed E-state index contributed by atoms with van der Waals surface area (Å²) in [7, 11) is -1.39. The van der Waals surface area contributed by atoms with Gasteiger partial charge in [0.2, 0.25) is 0 Å². The number of aliphatic imine (C=N–C) groups is 2. The molecule has 3 nitrogen and oxygen atoms in total. The van der Waals surface area contributed by atoms with Gasteiger partial charge in [0.05, 0.1) is 0 Å². The van der Waals surface area contributed by atoms with Crippen LogP contribution in [0.15, 0.2) is 9.98 Å². The van der Waals surface area contributed by atoms with Gasteiger partial charge in [-0.25, -0.2) is 0 Å². The van der Waals surface area contributed by atoms with Crippen molar-refractivity contribution in [1.82, 2.24) is 0 Å². The van der Waals surface area contributed by atoms with Crippen molar-refractivity contribution in [2.75, 3.05) is 11.5 Å². The van der Waals surface area contributed by atoms with E-state index in [2.05, 4.69) is 29.2 Å². The number of nitrogens with zero attached hydrogens (tertiary/aromatic N) is 3. The summed E-state index contributed by atoms with van der Waals surface area (Å²) in [5.41, 5.74) is 0.774. The number of unbranched alkanes of at least 4 members (excludes halogenated alkanes) is 1. The Balaban J connectivity index is 2.75. The molecule has 0 aliphatic carbocycles. The van der Waals surface area contributed by atoms with Crippen LogP contribution in [0.3, 0.4) is 0 Å². The van der Waals surface area contributed by atoms with Gasteiger partial charge < -0.3 is 0 Å². The van der Waals surface area contributed by atoms with Crippen LogP contribution in [-0.4, -0.2) is 23.9 Å². The van der Waals surface area contributed by atoms with E-state index in [9.17, 15) is 5.26 Å². The number of thiocyanates is 1. The normalized spacial score (nSPS) is 20.5. The fourth-order valence-electron chi connectivity index (χ4n) is 1.34. The van der Waals surface area contributed by atoms with Gasteiger partial charge in [-0.2, -0.15) is 5.26 Å². The zero-order valence-electron chi connectivity index (χ0n) is 8.73. The van der Waals surface area contributed by atoms with Gasteiger partial charge in [0.1, 0.15) is 5.40 Å². The molecule has 0 aromatic carbocycles. The molecule has 0 aromatic heterocycles. The molecule has 0 bridgehead atoms. The summed E-state index contributed by atoms with van der Waals surface area (Å²) in [6.07, 6.45) is 5.56. The molecule has 76 valence electrons. The molecule has 0 N–H and O–H groups in total. The van der Waals surface area contributed by atoms with Crippen LogP contribution < -0.4 is 0 Å². The third-order valence-corrected chi connectivity index (χ3v) is 5.53. The zero-order chi connectivity index (χ0) is 10.4. The second kappa shape index (κ2) is 5.06. The van der Waals surface area contributed by atoms with Crippen LogP contribution in [0.4, 0.5) is 0 Å². The van der Waals surface area contributed by atoms with Crippen molar-refractivity contribution in [1.29, 1.82) is 5.26 Å². The fourth-order valence-corrected chi connectivity index (χ4v) is 3.67. The van der Waals surface area contributed by atoms with E-state index in [1.165, 1.54) is 0 Å². The molecule has 0 saturated carbocycles. The van der Waals surface area contributed by atoms with Gasteiger partial charge in [-0.1, -0.05) is 30.3 Å². The highest BCUT2D eigenvalue weighted by molar-refractivity contribution is 8.39. The SMILES string of the molecule is CCCCS(C#N)(CC)[C+]1N=CC=N1. The summed E-state index contributed by atoms with van der Waals surface area (Å²) < 4.78 is 0. The highest BCUT2D eigenvalue weighted by atomic mass is 32.3. The van der Waals surface area contributed by atoms with E-state index in [4.69, 9.17) is 0 Å². The van der Waals surface area contributed by atoms with Crippen LogP contribution in [0.2, 0.25) is 0 Å². The first-order chi connectivity index (χ1) is 6.79. The minimum atomic E-state index is -1.39. The lowest BCUT2D eigenvalue weighted by molar-refractivity contribution is 0.889. The van der Waals surface area contributed by atoms with Crippen LogP contribution in [0.5, 0.6) is 0 Å². The Morgan fingerprint density at radius 3 is 2.43 bits per heavy atom. The monoisotopic (exact) mass is 210 g/mol. The first-order valence-corrected chi connectivity index (χ1v) is 6.89. The van der Waals surface area contributed by atoms with Gasteiger partial charge in [0.15, 0.2) is 12.4 Å². The van der Waals surface area contributed by atoms with E-state index in [1.807, 2.05) is 0 Å². The second-order valence-corrected chi connectivity index (χ2v) is 6.46. The summed E-state index contributed by atoms with van der Waals surface area (Å²) >= 11 is 0. The molecule has 14 heavy (non-hydrogen) atoms. The zero-order valence-corrected chi connectivity index (χ0v) is 9.55. The predicted octanol–water partition coefficient (Wildman–Crippen LogP) is 2.69. The molecule has 1 unspecified atom stereocenters. The van der Waals surface area contributed by atoms with Crippen LogP contribution >= 0.6 is 10.0 Å². The third-order valence-electron chi connectivity index (χ3n) is 2.30.